The Hall–Kier alpha value is -4.22. The maximum atomic E-state index is 13.0. The van der Waals surface area contributed by atoms with Crippen molar-refractivity contribution in [3.8, 4) is 11.5 Å². The Labute approximate surface area is 424 Å². The summed E-state index contributed by atoms with van der Waals surface area (Å²) in [7, 11) is 8.15. The van der Waals surface area contributed by atoms with Gasteiger partial charge in [0.2, 0.25) is 0 Å². The Morgan fingerprint density at radius 2 is 1.03 bits per heavy atom. The molecule has 3 aliphatic rings. The van der Waals surface area contributed by atoms with Gasteiger partial charge in [0, 0.05) is 30.3 Å². The van der Waals surface area contributed by atoms with E-state index in [1.165, 1.54) is 18.6 Å². The summed E-state index contributed by atoms with van der Waals surface area (Å²) in [6.45, 7) is 9.61. The fraction of sp³-hybridized carbons (Fsp3) is 0.525. The van der Waals surface area contributed by atoms with Crippen LogP contribution in [-0.2, 0) is 30.0 Å². The molecule has 0 bridgehead atoms. The van der Waals surface area contributed by atoms with Crippen LogP contribution in [0.15, 0.2) is 121 Å². The molecule has 8 nitrogen and oxygen atoms in total. The molecule has 0 N–H and O–H groups in total. The summed E-state index contributed by atoms with van der Waals surface area (Å²) in [5.74, 6) is 2.42. The van der Waals surface area contributed by atoms with Crippen molar-refractivity contribution in [3.05, 3.63) is 133 Å². The SMILES string of the molecule is CC/C=C\C/C=C\C/C=C\C/C=C\C/C=C\C/C=C\CC(=O)Oc1cccc(C2(C(=O)CC)CCN(C)CC2)c1.CCC(=O)C1(c2cccc(OC(=O)CCCCC3CCSS3)c2)CCN(C)CC1. The first-order valence-electron chi connectivity index (χ1n) is 25.8. The van der Waals surface area contributed by atoms with E-state index in [9.17, 15) is 19.2 Å². The molecule has 3 heterocycles. The van der Waals surface area contributed by atoms with Gasteiger partial charge in [-0.2, -0.15) is 0 Å². The molecule has 0 saturated carbocycles. The molecule has 0 spiro atoms. The first-order valence-corrected chi connectivity index (χ1v) is 28.2. The number of carbonyl (C=O) groups is 4. The zero-order valence-electron chi connectivity index (χ0n) is 42.5. The molecule has 1 unspecified atom stereocenters. The van der Waals surface area contributed by atoms with Gasteiger partial charge in [-0.15, -0.1) is 0 Å². The fourth-order valence-electron chi connectivity index (χ4n) is 9.11. The van der Waals surface area contributed by atoms with Crippen LogP contribution in [0.25, 0.3) is 0 Å². The van der Waals surface area contributed by atoms with Gasteiger partial charge < -0.3 is 19.3 Å². The number of benzene rings is 2. The number of rotatable bonds is 26. The van der Waals surface area contributed by atoms with Crippen molar-refractivity contribution in [2.45, 2.75) is 152 Å². The lowest BCUT2D eigenvalue weighted by molar-refractivity contribution is -0.135. The molecule has 376 valence electrons. The Balaban J connectivity index is 0.000000315. The van der Waals surface area contributed by atoms with Gasteiger partial charge in [-0.25, -0.2) is 0 Å². The molecule has 2 aromatic rings. The molecular weight excluding hydrogens is 897 g/mol. The van der Waals surface area contributed by atoms with Crippen molar-refractivity contribution >= 4 is 45.1 Å². The lowest BCUT2D eigenvalue weighted by Crippen LogP contribution is -2.46. The van der Waals surface area contributed by atoms with Gasteiger partial charge in [-0.05, 0) is 159 Å². The van der Waals surface area contributed by atoms with Crippen LogP contribution in [0.3, 0.4) is 0 Å². The van der Waals surface area contributed by atoms with E-state index >= 15 is 0 Å². The molecule has 0 aromatic heterocycles. The Bertz CT molecular complexity index is 2050. The zero-order chi connectivity index (χ0) is 49.6. The van der Waals surface area contributed by atoms with Gasteiger partial charge in [0.05, 0.1) is 17.3 Å². The van der Waals surface area contributed by atoms with Crippen LogP contribution in [0, 0.1) is 0 Å². The summed E-state index contributed by atoms with van der Waals surface area (Å²) in [4.78, 5) is 55.1. The van der Waals surface area contributed by atoms with Crippen LogP contribution in [0.1, 0.15) is 147 Å². The van der Waals surface area contributed by atoms with E-state index in [2.05, 4.69) is 91.6 Å². The van der Waals surface area contributed by atoms with Crippen LogP contribution < -0.4 is 9.47 Å². The van der Waals surface area contributed by atoms with Crippen molar-refractivity contribution in [1.29, 1.82) is 0 Å². The Kier molecular flexibility index (Phi) is 27.1. The lowest BCUT2D eigenvalue weighted by atomic mass is 9.69. The van der Waals surface area contributed by atoms with Gasteiger partial charge >= 0.3 is 11.9 Å². The molecule has 1 atom stereocenters. The van der Waals surface area contributed by atoms with Gasteiger partial charge in [0.1, 0.15) is 23.1 Å². The summed E-state index contributed by atoms with van der Waals surface area (Å²) < 4.78 is 11.2. The number of unbranched alkanes of at least 4 members (excludes halogenated alkanes) is 1. The predicted octanol–water partition coefficient (Wildman–Crippen LogP) is 13.9. The second-order valence-electron chi connectivity index (χ2n) is 18.5. The van der Waals surface area contributed by atoms with E-state index in [0.29, 0.717) is 30.8 Å². The van der Waals surface area contributed by atoms with Gasteiger partial charge in [0.15, 0.2) is 0 Å². The Morgan fingerprint density at radius 1 is 0.594 bits per heavy atom. The van der Waals surface area contributed by atoms with Crippen molar-refractivity contribution in [2.24, 2.45) is 0 Å². The number of hydrogen-bond donors (Lipinski definition) is 0. The number of likely N-dealkylation sites (tertiary alicyclic amines) is 2. The minimum Gasteiger partial charge on any atom is -0.427 e. The van der Waals surface area contributed by atoms with Gasteiger partial charge in [-0.3, -0.25) is 19.2 Å². The second-order valence-corrected chi connectivity index (χ2v) is 21.3. The molecule has 69 heavy (non-hydrogen) atoms. The van der Waals surface area contributed by atoms with Crippen molar-refractivity contribution < 1.29 is 28.7 Å². The van der Waals surface area contributed by atoms with Gasteiger partial charge in [0.25, 0.3) is 0 Å². The normalized spacial score (nSPS) is 18.7. The topological polar surface area (TPSA) is 93.2 Å². The quantitative estimate of drug-likeness (QED) is 0.0298. The molecule has 2 aromatic carbocycles. The average molecular weight is 979 g/mol. The number of Topliss-reactive ketones (excluding diaryl/α,β-unsaturated/α-hetero) is 2. The van der Waals surface area contributed by atoms with Crippen LogP contribution in [0.5, 0.6) is 11.5 Å². The average Bonchev–Trinajstić information content (AvgIpc) is 3.89. The van der Waals surface area contributed by atoms with Crippen molar-refractivity contribution in [3.63, 3.8) is 0 Å². The first kappa shape index (κ1) is 57.4. The third-order valence-corrected chi connectivity index (χ3v) is 16.4. The molecule has 3 saturated heterocycles. The molecule has 10 heteroatoms. The number of carbonyl (C=O) groups excluding carboxylic acids is 4. The zero-order valence-corrected chi connectivity index (χ0v) is 44.2. The Morgan fingerprint density at radius 3 is 1.45 bits per heavy atom. The highest BCUT2D eigenvalue weighted by Crippen LogP contribution is 2.41. The second kappa shape index (κ2) is 32.6. The lowest BCUT2D eigenvalue weighted by Gasteiger charge is -2.40. The molecule has 0 radical (unpaired) electrons. The monoisotopic (exact) mass is 979 g/mol. The van der Waals surface area contributed by atoms with Crippen molar-refractivity contribution in [2.75, 3.05) is 46.0 Å². The largest absolute Gasteiger partial charge is 0.427 e. The van der Waals surface area contributed by atoms with E-state index in [0.717, 1.165) is 120 Å². The molecule has 3 fully saturated rings. The summed E-state index contributed by atoms with van der Waals surface area (Å²) in [5, 5.41) is 0.759. The molecule has 0 amide bonds. The third kappa shape index (κ3) is 20.2. The number of esters is 2. The van der Waals surface area contributed by atoms with Crippen LogP contribution in [-0.4, -0.2) is 84.6 Å². The fourth-order valence-corrected chi connectivity index (χ4v) is 12.1. The summed E-state index contributed by atoms with van der Waals surface area (Å²) >= 11 is 0. The minimum absolute atomic E-state index is 0.171. The van der Waals surface area contributed by atoms with Crippen LogP contribution >= 0.6 is 21.6 Å². The molecule has 0 aliphatic carbocycles. The summed E-state index contributed by atoms with van der Waals surface area (Å²) in [6.07, 6.45) is 40.8. The maximum Gasteiger partial charge on any atom is 0.315 e. The number of piperidine rings is 2. The predicted molar refractivity (Wildman–Crippen MR) is 291 cm³/mol. The number of allylic oxidation sites excluding steroid dienone is 11. The van der Waals surface area contributed by atoms with Crippen molar-refractivity contribution in [1.82, 2.24) is 9.80 Å². The highest BCUT2D eigenvalue weighted by Gasteiger charge is 2.42. The summed E-state index contributed by atoms with van der Waals surface area (Å²) in [6, 6.07) is 15.2. The number of hydrogen-bond acceptors (Lipinski definition) is 10. The summed E-state index contributed by atoms with van der Waals surface area (Å²) in [5.41, 5.74) is 1.04. The molecule has 5 rings (SSSR count). The molecule has 3 aliphatic heterocycles. The number of nitrogens with zero attached hydrogens (tertiary/aromatic N) is 2. The standard InChI is InChI=1S/C36H49NO3.C23H33NO3S2/c1-4-6-7-8-9-10-11-12-13-14-15-16-17-18-19-20-21-22-26-35(39)40-33-25-23-24-32(31-33)36(34(38)5-2)27-29-37(3)30-28-36;1-3-21(25)23(12-14-24(2)15-13-23)18-7-6-8-19(17-18)27-22(26)10-5-4-9-20-11-16-28-29-20/h6-7,9-10,12-13,15-16,18-19,21-25,31H,4-5,8,11,14,17,20,26-30H2,1-3H3;6-8,17,20H,3-5,9-16H2,1-2H3/b7-6-,10-9-,13-12-,16-15-,19-18-,22-21-;. The van der Waals surface area contributed by atoms with E-state index in [-0.39, 0.29) is 29.9 Å². The first-order chi connectivity index (χ1) is 33.5. The van der Waals surface area contributed by atoms with Crippen LogP contribution in [0.4, 0.5) is 0 Å². The smallest absolute Gasteiger partial charge is 0.315 e. The van der Waals surface area contributed by atoms with E-state index < -0.39 is 10.8 Å². The highest BCUT2D eigenvalue weighted by molar-refractivity contribution is 8.77. The van der Waals surface area contributed by atoms with Gasteiger partial charge in [-0.1, -0.05) is 146 Å². The highest BCUT2D eigenvalue weighted by atomic mass is 33.1. The number of ether oxygens (including phenoxy) is 2. The minimum atomic E-state index is -0.481. The molecular formula is C59H82N2O6S2. The third-order valence-electron chi connectivity index (χ3n) is 13.4. The van der Waals surface area contributed by atoms with E-state index in [1.54, 1.807) is 6.07 Å². The van der Waals surface area contributed by atoms with Crippen LogP contribution in [0.2, 0.25) is 0 Å². The number of ketones is 2. The maximum absolute atomic E-state index is 13.0. The van der Waals surface area contributed by atoms with E-state index in [4.69, 9.17) is 9.47 Å². The van der Waals surface area contributed by atoms with E-state index in [1.807, 2.05) is 90.1 Å².